The predicted molar refractivity (Wildman–Crippen MR) is 56.7 cm³/mol. The van der Waals surface area contributed by atoms with Gasteiger partial charge in [-0.3, -0.25) is 5.10 Å². The van der Waals surface area contributed by atoms with Gasteiger partial charge >= 0.3 is 0 Å². The van der Waals surface area contributed by atoms with Crippen LogP contribution in [-0.4, -0.2) is 35.9 Å². The first-order valence-corrected chi connectivity index (χ1v) is 6.22. The summed E-state index contributed by atoms with van der Waals surface area (Å²) in [5, 5.41) is 6.40. The first-order chi connectivity index (χ1) is 7.14. The molecule has 1 rings (SSSR count). The number of nitrogens with one attached hydrogen (secondary N) is 2. The summed E-state index contributed by atoms with van der Waals surface area (Å²) in [6.07, 6.45) is 4.15. The van der Waals surface area contributed by atoms with Crippen molar-refractivity contribution < 1.29 is 8.42 Å². The number of sulfonamides is 1. The molecule has 0 aliphatic rings. The van der Waals surface area contributed by atoms with Crippen LogP contribution in [0.2, 0.25) is 0 Å². The molecule has 0 atom stereocenters. The first-order valence-electron chi connectivity index (χ1n) is 4.56. The summed E-state index contributed by atoms with van der Waals surface area (Å²) in [4.78, 5) is 3.93. The molecule has 0 radical (unpaired) electrons. The zero-order valence-corrected chi connectivity index (χ0v) is 9.13. The molecule has 0 unspecified atom stereocenters. The number of rotatable bonds is 7. The van der Waals surface area contributed by atoms with E-state index in [4.69, 9.17) is 0 Å². The number of aromatic nitrogens is 3. The highest BCUT2D eigenvalue weighted by Gasteiger charge is 2.05. The summed E-state index contributed by atoms with van der Waals surface area (Å²) >= 11 is 0. The maximum absolute atomic E-state index is 11.2. The largest absolute Gasteiger partial charge is 0.263 e. The average Bonchev–Trinajstić information content (AvgIpc) is 2.65. The van der Waals surface area contributed by atoms with Crippen LogP contribution < -0.4 is 4.72 Å². The van der Waals surface area contributed by atoms with Gasteiger partial charge in [0.15, 0.2) is 0 Å². The van der Waals surface area contributed by atoms with E-state index >= 15 is 0 Å². The molecule has 6 nitrogen and oxygen atoms in total. The Morgan fingerprint density at radius 3 is 3.00 bits per heavy atom. The van der Waals surface area contributed by atoms with E-state index in [1.165, 1.54) is 12.4 Å². The van der Waals surface area contributed by atoms with Crippen molar-refractivity contribution in [3.8, 4) is 0 Å². The maximum atomic E-state index is 11.2. The van der Waals surface area contributed by atoms with Gasteiger partial charge in [0, 0.05) is 13.0 Å². The molecular formula is C8H14N4O2S. The lowest BCUT2D eigenvalue weighted by Crippen LogP contribution is -2.26. The molecule has 0 aromatic carbocycles. The van der Waals surface area contributed by atoms with Crippen molar-refractivity contribution in [2.75, 3.05) is 12.3 Å². The Kier molecular flexibility index (Phi) is 4.44. The van der Waals surface area contributed by atoms with Crippen LogP contribution in [0.25, 0.3) is 0 Å². The standard InChI is InChI=1S/C8H14N4O2S/c1-2-6-15(13,14)11-5-3-4-8-9-7-10-12-8/h2,7,11H,1,3-6H2,(H,9,10,12). The number of hydrogen-bond acceptors (Lipinski definition) is 4. The Morgan fingerprint density at radius 1 is 1.60 bits per heavy atom. The van der Waals surface area contributed by atoms with E-state index in [9.17, 15) is 8.42 Å². The summed E-state index contributed by atoms with van der Waals surface area (Å²) in [6, 6.07) is 0. The van der Waals surface area contributed by atoms with Crippen LogP contribution in [0.15, 0.2) is 19.0 Å². The molecule has 0 fully saturated rings. The van der Waals surface area contributed by atoms with Crippen molar-refractivity contribution in [1.29, 1.82) is 0 Å². The quantitative estimate of drug-likeness (QED) is 0.503. The van der Waals surface area contributed by atoms with E-state index in [1.807, 2.05) is 0 Å². The number of nitrogens with zero attached hydrogens (tertiary/aromatic N) is 2. The second-order valence-electron chi connectivity index (χ2n) is 3.00. The molecule has 0 aliphatic carbocycles. The number of hydrogen-bond donors (Lipinski definition) is 2. The lowest BCUT2D eigenvalue weighted by atomic mass is 10.3. The molecule has 1 aromatic rings. The van der Waals surface area contributed by atoms with E-state index in [1.54, 1.807) is 0 Å². The topological polar surface area (TPSA) is 87.7 Å². The zero-order chi connectivity index (χ0) is 11.1. The van der Waals surface area contributed by atoms with Crippen LogP contribution >= 0.6 is 0 Å². The first kappa shape index (κ1) is 11.9. The van der Waals surface area contributed by atoms with Gasteiger partial charge in [-0.05, 0) is 6.42 Å². The molecule has 0 spiro atoms. The minimum atomic E-state index is -3.19. The van der Waals surface area contributed by atoms with Crippen LogP contribution in [0.3, 0.4) is 0 Å². The molecule has 7 heteroatoms. The van der Waals surface area contributed by atoms with Crippen molar-refractivity contribution in [1.82, 2.24) is 19.9 Å². The maximum Gasteiger partial charge on any atom is 0.215 e. The molecule has 84 valence electrons. The Hall–Kier alpha value is -1.21. The monoisotopic (exact) mass is 230 g/mol. The number of H-pyrrole nitrogens is 1. The Morgan fingerprint density at radius 2 is 2.40 bits per heavy atom. The van der Waals surface area contributed by atoms with Crippen LogP contribution in [0, 0.1) is 0 Å². The minimum Gasteiger partial charge on any atom is -0.263 e. The van der Waals surface area contributed by atoms with E-state index in [-0.39, 0.29) is 5.75 Å². The van der Waals surface area contributed by atoms with Gasteiger partial charge < -0.3 is 0 Å². The highest BCUT2D eigenvalue weighted by atomic mass is 32.2. The normalized spacial score (nSPS) is 11.5. The molecule has 1 aromatic heterocycles. The third-order valence-corrected chi connectivity index (χ3v) is 3.03. The Balaban J connectivity index is 2.19. The fraction of sp³-hybridized carbons (Fsp3) is 0.500. The van der Waals surface area contributed by atoms with Crippen LogP contribution in [0.4, 0.5) is 0 Å². The van der Waals surface area contributed by atoms with E-state index < -0.39 is 10.0 Å². The molecule has 0 saturated carbocycles. The van der Waals surface area contributed by atoms with E-state index in [2.05, 4.69) is 26.5 Å². The lowest BCUT2D eigenvalue weighted by molar-refractivity contribution is 0.581. The highest BCUT2D eigenvalue weighted by molar-refractivity contribution is 7.89. The second kappa shape index (κ2) is 5.62. The molecule has 0 bridgehead atoms. The average molecular weight is 230 g/mol. The minimum absolute atomic E-state index is 0.0463. The third kappa shape index (κ3) is 4.71. The summed E-state index contributed by atoms with van der Waals surface area (Å²) in [7, 11) is -3.19. The highest BCUT2D eigenvalue weighted by Crippen LogP contribution is 1.93. The van der Waals surface area contributed by atoms with E-state index in [0.717, 1.165) is 5.82 Å². The fourth-order valence-electron chi connectivity index (χ4n) is 1.05. The Bertz CT molecular complexity index is 385. The van der Waals surface area contributed by atoms with Gasteiger partial charge in [0.05, 0.1) is 5.75 Å². The van der Waals surface area contributed by atoms with Crippen molar-refractivity contribution >= 4 is 10.0 Å². The Labute approximate surface area is 88.9 Å². The molecule has 0 aliphatic heterocycles. The summed E-state index contributed by atoms with van der Waals surface area (Å²) in [5.74, 6) is 0.716. The van der Waals surface area contributed by atoms with Crippen LogP contribution in [-0.2, 0) is 16.4 Å². The van der Waals surface area contributed by atoms with Gasteiger partial charge in [0.25, 0.3) is 0 Å². The van der Waals surface area contributed by atoms with Crippen molar-refractivity contribution in [3.05, 3.63) is 24.8 Å². The van der Waals surface area contributed by atoms with Gasteiger partial charge in [-0.15, -0.1) is 6.58 Å². The SMILES string of the molecule is C=CCS(=O)(=O)NCCCc1ncn[nH]1. The summed E-state index contributed by atoms with van der Waals surface area (Å²) in [6.45, 7) is 3.77. The molecule has 2 N–H and O–H groups in total. The molecule has 0 saturated heterocycles. The van der Waals surface area contributed by atoms with Gasteiger partial charge in [0.1, 0.15) is 12.2 Å². The molecule has 1 heterocycles. The van der Waals surface area contributed by atoms with Gasteiger partial charge in [-0.2, -0.15) is 5.10 Å². The second-order valence-corrected chi connectivity index (χ2v) is 4.85. The van der Waals surface area contributed by atoms with Gasteiger partial charge in [-0.25, -0.2) is 18.1 Å². The lowest BCUT2D eigenvalue weighted by Gasteiger charge is -2.02. The third-order valence-electron chi connectivity index (χ3n) is 1.71. The molecular weight excluding hydrogens is 216 g/mol. The van der Waals surface area contributed by atoms with Crippen molar-refractivity contribution in [2.45, 2.75) is 12.8 Å². The number of aryl methyl sites for hydroxylation is 1. The summed E-state index contributed by atoms with van der Waals surface area (Å²) in [5.41, 5.74) is 0. The van der Waals surface area contributed by atoms with Gasteiger partial charge in [-0.1, -0.05) is 6.08 Å². The van der Waals surface area contributed by atoms with Crippen LogP contribution in [0.1, 0.15) is 12.2 Å². The van der Waals surface area contributed by atoms with E-state index in [0.29, 0.717) is 19.4 Å². The summed E-state index contributed by atoms with van der Waals surface area (Å²) < 4.78 is 24.8. The van der Waals surface area contributed by atoms with Gasteiger partial charge in [0.2, 0.25) is 10.0 Å². The molecule has 0 amide bonds. The van der Waals surface area contributed by atoms with Crippen molar-refractivity contribution in [3.63, 3.8) is 0 Å². The zero-order valence-electron chi connectivity index (χ0n) is 8.31. The smallest absolute Gasteiger partial charge is 0.215 e. The van der Waals surface area contributed by atoms with Crippen molar-refractivity contribution in [2.24, 2.45) is 0 Å². The van der Waals surface area contributed by atoms with Crippen LogP contribution in [0.5, 0.6) is 0 Å². The fourth-order valence-corrected chi connectivity index (χ4v) is 1.93. The predicted octanol–water partition coefficient (Wildman–Crippen LogP) is -0.157. The molecule has 15 heavy (non-hydrogen) atoms. The number of aromatic amines is 1.